The molecule has 0 spiro atoms. The molecule has 1 aromatic heterocycles. The van der Waals surface area contributed by atoms with E-state index in [9.17, 15) is 57.8 Å². The van der Waals surface area contributed by atoms with Gasteiger partial charge in [0.15, 0.2) is 0 Å². The lowest BCUT2D eigenvalue weighted by Crippen LogP contribution is -2.60. The van der Waals surface area contributed by atoms with Crippen molar-refractivity contribution in [3.8, 4) is 0 Å². The zero-order chi connectivity index (χ0) is 51.3. The number of hydrogen-bond acceptors (Lipinski definition) is 13. The Morgan fingerprint density at radius 3 is 1.84 bits per heavy atom. The molecule has 24 nitrogen and oxygen atoms in total. The summed E-state index contributed by atoms with van der Waals surface area (Å²) in [7, 11) is 0. The van der Waals surface area contributed by atoms with Gasteiger partial charge in [0.25, 0.3) is 0 Å². The van der Waals surface area contributed by atoms with E-state index in [2.05, 4.69) is 54.8 Å². The van der Waals surface area contributed by atoms with E-state index in [1.807, 2.05) is 6.07 Å². The minimum absolute atomic E-state index is 0.0132. The molecule has 2 saturated heterocycles. The van der Waals surface area contributed by atoms with E-state index in [0.717, 1.165) is 15.8 Å². The molecule has 384 valence electrons. The fourth-order valence-corrected chi connectivity index (χ4v) is 8.51. The van der Waals surface area contributed by atoms with E-state index in [1.54, 1.807) is 24.4 Å². The molecule has 0 radical (unpaired) electrons. The molecule has 70 heavy (non-hydrogen) atoms. The number of carboxylic acid groups (broad SMARTS) is 1. The topological polar surface area (TPSA) is 389 Å². The van der Waals surface area contributed by atoms with Gasteiger partial charge in [-0.1, -0.05) is 31.0 Å². The number of benzene rings is 1. The van der Waals surface area contributed by atoms with Gasteiger partial charge in [-0.3, -0.25) is 52.7 Å². The molecule has 15 N–H and O–H groups in total. The van der Waals surface area contributed by atoms with Crippen molar-refractivity contribution in [1.82, 2.24) is 47.1 Å². The van der Waals surface area contributed by atoms with E-state index in [0.29, 0.717) is 43.4 Å². The first-order chi connectivity index (χ1) is 33.4. The van der Waals surface area contributed by atoms with Crippen molar-refractivity contribution in [3.63, 3.8) is 0 Å². The van der Waals surface area contributed by atoms with E-state index < -0.39 is 146 Å². The van der Waals surface area contributed by atoms with E-state index >= 15 is 0 Å². The van der Waals surface area contributed by atoms with Gasteiger partial charge in [-0.15, -0.1) is 0 Å². The maximum absolute atomic E-state index is 14.3. The lowest BCUT2D eigenvalue weighted by atomic mass is 10.0. The highest BCUT2D eigenvalue weighted by Gasteiger charge is 2.41. The summed E-state index contributed by atoms with van der Waals surface area (Å²) in [4.78, 5) is 153. The van der Waals surface area contributed by atoms with Crippen LogP contribution in [0.25, 0.3) is 10.9 Å². The maximum atomic E-state index is 14.3. The lowest BCUT2D eigenvalue weighted by molar-refractivity contribution is -0.143. The second kappa shape index (κ2) is 28.0. The van der Waals surface area contributed by atoms with Gasteiger partial charge >= 0.3 is 5.97 Å². The van der Waals surface area contributed by atoms with Gasteiger partial charge in [-0.25, -0.2) is 0 Å². The molecule has 10 amide bonds. The summed E-state index contributed by atoms with van der Waals surface area (Å²) in [6.45, 7) is -0.483. The van der Waals surface area contributed by atoms with E-state index in [1.165, 1.54) is 0 Å². The smallest absolute Gasteiger partial charge is 0.303 e. The Morgan fingerprint density at radius 2 is 1.23 bits per heavy atom. The number of amides is 10. The van der Waals surface area contributed by atoms with Crippen molar-refractivity contribution in [2.75, 3.05) is 25.4 Å². The normalized spacial score (nSPS) is 23.7. The number of carbonyl (C=O) groups is 11. The molecule has 2 aliphatic rings. The van der Waals surface area contributed by atoms with Crippen LogP contribution in [0.15, 0.2) is 30.5 Å². The van der Waals surface area contributed by atoms with E-state index in [-0.39, 0.29) is 45.2 Å². The fraction of sp³-hybridized carbons (Fsp3) is 0.578. The first-order valence-electron chi connectivity index (χ1n) is 23.5. The number of H-pyrrole nitrogens is 1. The van der Waals surface area contributed by atoms with Crippen molar-refractivity contribution in [2.45, 2.75) is 139 Å². The lowest BCUT2D eigenvalue weighted by Gasteiger charge is -2.31. The summed E-state index contributed by atoms with van der Waals surface area (Å²) in [5.74, 6) is -9.78. The number of primary amides is 2. The van der Waals surface area contributed by atoms with Crippen LogP contribution in [-0.4, -0.2) is 148 Å². The number of para-hydroxylation sites is 1. The standard InChI is InChI=1S/C45H66N12O12S/c46-18-6-5-12-29-41(65)55-32(21-25-23-49-27-10-4-3-9-26(25)27)39(63)50-24-37(60)51-28(11-2-1-7-20-70)40(64)56-33(22-36(48)59)45(69)57-19-8-13-34(57)44(68)54-31(15-17-38(61)62)43(67)53-30(42(66)52-29)14-16-35(47)58/h3-4,9-10,23,28-34,49,70H,1-2,5-8,11-22,24,46H2,(H2,47,58)(H2,48,59)(H,50,63)(H,51,60)(H,52,66)(H,53,67)(H,54,68)(H,55,65)(H,56,64)(H,61,62)/t28-,29+,30-,31-,32-,33-,34-/m0/s1. The molecule has 0 aliphatic carbocycles. The molecular formula is C45H66N12O12S. The zero-order valence-corrected chi connectivity index (χ0v) is 39.8. The van der Waals surface area contributed by atoms with Crippen molar-refractivity contribution in [1.29, 1.82) is 0 Å². The van der Waals surface area contributed by atoms with Crippen molar-refractivity contribution in [3.05, 3.63) is 36.0 Å². The number of rotatable bonds is 19. The summed E-state index contributed by atoms with van der Waals surface area (Å²) in [5.41, 5.74) is 18.0. The molecule has 2 aliphatic heterocycles. The monoisotopic (exact) mass is 998 g/mol. The second-order valence-corrected chi connectivity index (χ2v) is 17.8. The number of aromatic amines is 1. The Hall–Kier alpha value is -6.76. The molecule has 7 atom stereocenters. The first kappa shape index (κ1) is 55.8. The van der Waals surface area contributed by atoms with Crippen LogP contribution in [-0.2, 0) is 59.2 Å². The highest BCUT2D eigenvalue weighted by Crippen LogP contribution is 2.22. The summed E-state index contributed by atoms with van der Waals surface area (Å²) in [6.07, 6.45) is 1.66. The van der Waals surface area contributed by atoms with Crippen LogP contribution >= 0.6 is 12.6 Å². The van der Waals surface area contributed by atoms with Crippen LogP contribution in [0.5, 0.6) is 0 Å². The number of unbranched alkanes of at least 4 members (excludes halogenated alkanes) is 3. The van der Waals surface area contributed by atoms with Gasteiger partial charge in [0, 0.05) is 42.9 Å². The van der Waals surface area contributed by atoms with Crippen LogP contribution in [0.2, 0.25) is 0 Å². The minimum atomic E-state index is -1.63. The van der Waals surface area contributed by atoms with Crippen LogP contribution in [0.1, 0.15) is 95.5 Å². The van der Waals surface area contributed by atoms with Gasteiger partial charge in [-0.05, 0) is 81.7 Å². The SMILES string of the molecule is NCCCC[C@H]1NC(=O)[C@H](CCC(N)=O)NC(=O)[C@H](CCC(=O)O)NC(=O)[C@@H]2CCCN2C(=O)[C@H](CC(N)=O)NC(=O)[C@H](CCCCCS)NC(=O)CNC(=O)[C@H](Cc2c[nH]c3ccccc23)NC1=O. The molecule has 0 saturated carbocycles. The van der Waals surface area contributed by atoms with Crippen molar-refractivity contribution < 1.29 is 57.8 Å². The zero-order valence-electron chi connectivity index (χ0n) is 38.9. The Labute approximate surface area is 409 Å². The molecule has 0 unspecified atom stereocenters. The molecule has 1 aromatic carbocycles. The number of aromatic nitrogens is 1. The number of aliphatic carboxylic acids is 1. The molecule has 2 fully saturated rings. The summed E-state index contributed by atoms with van der Waals surface area (Å²) in [6, 6.07) is -2.97. The average molecular weight is 999 g/mol. The molecule has 3 heterocycles. The van der Waals surface area contributed by atoms with Crippen molar-refractivity contribution in [2.24, 2.45) is 17.2 Å². The van der Waals surface area contributed by atoms with Crippen molar-refractivity contribution >= 4 is 88.6 Å². The molecule has 0 bridgehead atoms. The fourth-order valence-electron chi connectivity index (χ4n) is 8.29. The number of thiol groups is 1. The minimum Gasteiger partial charge on any atom is -0.481 e. The molecule has 25 heteroatoms. The quantitative estimate of drug-likeness (QED) is 0.0507. The van der Waals surface area contributed by atoms with Crippen LogP contribution in [0.3, 0.4) is 0 Å². The summed E-state index contributed by atoms with van der Waals surface area (Å²) < 4.78 is 0. The van der Waals surface area contributed by atoms with Gasteiger partial charge in [-0.2, -0.15) is 12.6 Å². The third-order valence-electron chi connectivity index (χ3n) is 12.0. The van der Waals surface area contributed by atoms with Gasteiger partial charge in [0.05, 0.1) is 13.0 Å². The Balaban J connectivity index is 1.79. The number of fused-ring (bicyclic) bond motifs is 2. The second-order valence-electron chi connectivity index (χ2n) is 17.4. The Bertz CT molecular complexity index is 2220. The average Bonchev–Trinajstić information content (AvgIpc) is 3.98. The largest absolute Gasteiger partial charge is 0.481 e. The highest BCUT2D eigenvalue weighted by molar-refractivity contribution is 7.80. The number of carbonyl (C=O) groups excluding carboxylic acids is 10. The molecular weight excluding hydrogens is 933 g/mol. The molecule has 2 aromatic rings. The van der Waals surface area contributed by atoms with Gasteiger partial charge < -0.3 is 69.4 Å². The number of nitrogens with two attached hydrogens (primary N) is 3. The first-order valence-corrected chi connectivity index (χ1v) is 24.1. The van der Waals surface area contributed by atoms with Crippen LogP contribution < -0.4 is 54.4 Å². The number of nitrogens with zero attached hydrogens (tertiary/aromatic N) is 1. The Kier molecular flexibility index (Phi) is 22.4. The predicted molar refractivity (Wildman–Crippen MR) is 256 cm³/mol. The molecule has 4 rings (SSSR count). The van der Waals surface area contributed by atoms with Crippen LogP contribution in [0, 0.1) is 0 Å². The summed E-state index contributed by atoms with van der Waals surface area (Å²) in [5, 5.41) is 28.1. The number of hydrogen-bond donors (Lipinski definition) is 13. The Morgan fingerprint density at radius 1 is 0.657 bits per heavy atom. The highest BCUT2D eigenvalue weighted by atomic mass is 32.1. The van der Waals surface area contributed by atoms with E-state index in [4.69, 9.17) is 17.2 Å². The van der Waals surface area contributed by atoms with Gasteiger partial charge in [0.1, 0.15) is 42.3 Å². The van der Waals surface area contributed by atoms with Gasteiger partial charge in [0.2, 0.25) is 59.1 Å². The summed E-state index contributed by atoms with van der Waals surface area (Å²) >= 11 is 4.23. The third-order valence-corrected chi connectivity index (χ3v) is 12.3. The maximum Gasteiger partial charge on any atom is 0.303 e. The van der Waals surface area contributed by atoms with Crippen LogP contribution in [0.4, 0.5) is 0 Å². The predicted octanol–water partition coefficient (Wildman–Crippen LogP) is -2.64. The number of nitrogens with one attached hydrogen (secondary N) is 8. The third kappa shape index (κ3) is 17.3. The number of carboxylic acids is 1.